The number of likely N-dealkylation sites (tertiary alicyclic amines) is 1. The molecule has 1 aromatic carbocycles. The van der Waals surface area contributed by atoms with Gasteiger partial charge in [-0.1, -0.05) is 17.7 Å². The Morgan fingerprint density at radius 2 is 2.10 bits per heavy atom. The number of amides is 1. The van der Waals surface area contributed by atoms with Crippen molar-refractivity contribution in [1.29, 1.82) is 0 Å². The first-order valence-electron chi connectivity index (χ1n) is 10.4. The number of ether oxygens (including phenoxy) is 2. The Balaban J connectivity index is 1.48. The minimum Gasteiger partial charge on any atom is -0.489 e. The Bertz CT molecular complexity index is 811. The molecule has 7 heteroatoms. The van der Waals surface area contributed by atoms with Gasteiger partial charge in [0.15, 0.2) is 0 Å². The van der Waals surface area contributed by atoms with Crippen LogP contribution in [0, 0.1) is 0 Å². The van der Waals surface area contributed by atoms with Crippen molar-refractivity contribution in [3.63, 3.8) is 0 Å². The molecule has 0 spiro atoms. The average Bonchev–Trinajstić information content (AvgIpc) is 2.76. The van der Waals surface area contributed by atoms with Crippen LogP contribution < -0.4 is 10.1 Å². The van der Waals surface area contributed by atoms with Gasteiger partial charge in [0.1, 0.15) is 11.9 Å². The van der Waals surface area contributed by atoms with Gasteiger partial charge in [-0.3, -0.25) is 14.7 Å². The Morgan fingerprint density at radius 1 is 1.30 bits per heavy atom. The molecule has 1 amide bonds. The maximum atomic E-state index is 12.1. The molecule has 162 valence electrons. The summed E-state index contributed by atoms with van der Waals surface area (Å²) in [5.74, 6) is 0.459. The molecule has 1 aliphatic heterocycles. The molecule has 3 rings (SSSR count). The van der Waals surface area contributed by atoms with Crippen molar-refractivity contribution >= 4 is 17.5 Å². The monoisotopic (exact) mass is 431 g/mol. The standard InChI is InChI=1S/C23H30ClN3O3/c1-17(15-19-5-3-4-10-25-19)27-12-8-20(9-13-27)30-22-7-6-18(16-21(22)24)23(28)26-11-14-29-2/h3-7,10,16-17,20H,8-9,11-15H2,1-2H3,(H,26,28). The smallest absolute Gasteiger partial charge is 0.251 e. The van der Waals surface area contributed by atoms with Gasteiger partial charge in [-0.25, -0.2) is 0 Å². The van der Waals surface area contributed by atoms with Crippen LogP contribution in [-0.4, -0.2) is 61.3 Å². The SMILES string of the molecule is COCCNC(=O)c1ccc(OC2CCN(C(C)Cc3ccccn3)CC2)c(Cl)c1. The molecule has 0 radical (unpaired) electrons. The van der Waals surface area contributed by atoms with Crippen LogP contribution in [0.15, 0.2) is 42.6 Å². The van der Waals surface area contributed by atoms with E-state index < -0.39 is 0 Å². The summed E-state index contributed by atoms with van der Waals surface area (Å²) in [6.07, 6.45) is 4.82. The number of carbonyl (C=O) groups is 1. The van der Waals surface area contributed by atoms with E-state index in [0.29, 0.717) is 35.5 Å². The number of aromatic nitrogens is 1. The lowest BCUT2D eigenvalue weighted by Crippen LogP contribution is -2.43. The maximum absolute atomic E-state index is 12.1. The van der Waals surface area contributed by atoms with E-state index in [0.717, 1.165) is 38.0 Å². The van der Waals surface area contributed by atoms with E-state index >= 15 is 0 Å². The van der Waals surface area contributed by atoms with E-state index in [9.17, 15) is 4.79 Å². The zero-order valence-electron chi connectivity index (χ0n) is 17.6. The summed E-state index contributed by atoms with van der Waals surface area (Å²) in [5.41, 5.74) is 1.64. The number of nitrogens with zero attached hydrogens (tertiary/aromatic N) is 2. The molecule has 2 heterocycles. The molecule has 0 saturated carbocycles. The van der Waals surface area contributed by atoms with Crippen molar-refractivity contribution in [1.82, 2.24) is 15.2 Å². The summed E-state index contributed by atoms with van der Waals surface area (Å²) in [7, 11) is 1.60. The van der Waals surface area contributed by atoms with Gasteiger partial charge < -0.3 is 14.8 Å². The fourth-order valence-corrected chi connectivity index (χ4v) is 3.90. The van der Waals surface area contributed by atoms with Crippen LogP contribution in [0.1, 0.15) is 35.8 Å². The first kappa shape index (κ1) is 22.5. The molecule has 1 N–H and O–H groups in total. The van der Waals surface area contributed by atoms with Gasteiger partial charge in [0.25, 0.3) is 5.91 Å². The normalized spacial score (nSPS) is 16.2. The highest BCUT2D eigenvalue weighted by atomic mass is 35.5. The highest BCUT2D eigenvalue weighted by Gasteiger charge is 2.24. The van der Waals surface area contributed by atoms with Crippen LogP contribution in [0.5, 0.6) is 5.75 Å². The second-order valence-electron chi connectivity index (χ2n) is 7.62. The third kappa shape index (κ3) is 6.42. The molecule has 1 aliphatic rings. The molecule has 0 aliphatic carbocycles. The predicted molar refractivity (Wildman–Crippen MR) is 118 cm³/mol. The fraction of sp³-hybridized carbons (Fsp3) is 0.478. The topological polar surface area (TPSA) is 63.7 Å². The maximum Gasteiger partial charge on any atom is 0.251 e. The fourth-order valence-electron chi connectivity index (χ4n) is 3.67. The van der Waals surface area contributed by atoms with Gasteiger partial charge in [-0.2, -0.15) is 0 Å². The van der Waals surface area contributed by atoms with E-state index in [1.807, 2.05) is 18.3 Å². The third-order valence-electron chi connectivity index (χ3n) is 5.41. The molecule has 1 fully saturated rings. The lowest BCUT2D eigenvalue weighted by Gasteiger charge is -2.36. The number of methoxy groups -OCH3 is 1. The van der Waals surface area contributed by atoms with E-state index in [1.165, 1.54) is 0 Å². The molecule has 2 aromatic rings. The summed E-state index contributed by atoms with van der Waals surface area (Å²) in [5, 5.41) is 3.25. The van der Waals surface area contributed by atoms with Crippen molar-refractivity contribution in [3.8, 4) is 5.75 Å². The lowest BCUT2D eigenvalue weighted by atomic mass is 10.0. The lowest BCUT2D eigenvalue weighted by molar-refractivity contribution is 0.0797. The molecule has 1 aromatic heterocycles. The van der Waals surface area contributed by atoms with Crippen LogP contribution >= 0.6 is 11.6 Å². The van der Waals surface area contributed by atoms with E-state index in [1.54, 1.807) is 25.3 Å². The zero-order valence-corrected chi connectivity index (χ0v) is 18.4. The van der Waals surface area contributed by atoms with Gasteiger partial charge in [-0.05, 0) is 50.1 Å². The molecule has 1 atom stereocenters. The number of halogens is 1. The largest absolute Gasteiger partial charge is 0.489 e. The molecular formula is C23H30ClN3O3. The van der Waals surface area contributed by atoms with Gasteiger partial charge in [0.05, 0.1) is 11.6 Å². The number of benzene rings is 1. The van der Waals surface area contributed by atoms with Crippen molar-refractivity contribution in [2.75, 3.05) is 33.4 Å². The van der Waals surface area contributed by atoms with E-state index in [4.69, 9.17) is 21.1 Å². The molecule has 6 nitrogen and oxygen atoms in total. The number of piperidine rings is 1. The number of rotatable bonds is 9. The number of hydrogen-bond donors (Lipinski definition) is 1. The molecular weight excluding hydrogens is 402 g/mol. The van der Waals surface area contributed by atoms with Gasteiger partial charge >= 0.3 is 0 Å². The van der Waals surface area contributed by atoms with Crippen LogP contribution in [0.3, 0.4) is 0 Å². The summed E-state index contributed by atoms with van der Waals surface area (Å²) >= 11 is 6.38. The Hall–Kier alpha value is -2.15. The quantitative estimate of drug-likeness (QED) is 0.615. The number of nitrogens with one attached hydrogen (secondary N) is 1. The number of carbonyl (C=O) groups excluding carboxylic acids is 1. The van der Waals surface area contributed by atoms with E-state index in [2.05, 4.69) is 28.2 Å². The van der Waals surface area contributed by atoms with Gasteiger partial charge in [0, 0.05) is 56.7 Å². The summed E-state index contributed by atoms with van der Waals surface area (Å²) in [6, 6.07) is 11.7. The van der Waals surface area contributed by atoms with E-state index in [-0.39, 0.29) is 12.0 Å². The van der Waals surface area contributed by atoms with Crippen LogP contribution in [0.25, 0.3) is 0 Å². The minimum absolute atomic E-state index is 0.127. The second-order valence-corrected chi connectivity index (χ2v) is 8.03. The summed E-state index contributed by atoms with van der Waals surface area (Å²) in [6.45, 7) is 5.15. The van der Waals surface area contributed by atoms with Gasteiger partial charge in [-0.15, -0.1) is 0 Å². The van der Waals surface area contributed by atoms with Crippen LogP contribution in [0.4, 0.5) is 0 Å². The van der Waals surface area contributed by atoms with Crippen molar-refractivity contribution in [2.45, 2.75) is 38.3 Å². The van der Waals surface area contributed by atoms with Crippen molar-refractivity contribution < 1.29 is 14.3 Å². The van der Waals surface area contributed by atoms with Crippen LogP contribution in [-0.2, 0) is 11.2 Å². The molecule has 0 bridgehead atoms. The second kappa shape index (κ2) is 11.3. The van der Waals surface area contributed by atoms with Crippen LogP contribution in [0.2, 0.25) is 5.02 Å². The number of pyridine rings is 1. The first-order valence-corrected chi connectivity index (χ1v) is 10.8. The third-order valence-corrected chi connectivity index (χ3v) is 5.71. The predicted octanol–water partition coefficient (Wildman–Crippen LogP) is 3.59. The Morgan fingerprint density at radius 3 is 2.77 bits per heavy atom. The average molecular weight is 432 g/mol. The Labute approximate surface area is 183 Å². The highest BCUT2D eigenvalue weighted by molar-refractivity contribution is 6.32. The highest BCUT2D eigenvalue weighted by Crippen LogP contribution is 2.29. The molecule has 1 saturated heterocycles. The van der Waals surface area contributed by atoms with Crippen molar-refractivity contribution in [3.05, 3.63) is 58.9 Å². The number of hydrogen-bond acceptors (Lipinski definition) is 5. The zero-order chi connectivity index (χ0) is 21.3. The first-order chi connectivity index (χ1) is 14.6. The molecule has 1 unspecified atom stereocenters. The van der Waals surface area contributed by atoms with Gasteiger partial charge in [0.2, 0.25) is 0 Å². The summed E-state index contributed by atoms with van der Waals surface area (Å²) in [4.78, 5) is 19.1. The minimum atomic E-state index is -0.171. The summed E-state index contributed by atoms with van der Waals surface area (Å²) < 4.78 is 11.1. The molecule has 30 heavy (non-hydrogen) atoms. The Kier molecular flexibility index (Phi) is 8.49. The van der Waals surface area contributed by atoms with Crippen molar-refractivity contribution in [2.24, 2.45) is 0 Å².